The van der Waals surface area contributed by atoms with Crippen LogP contribution in [-0.4, -0.2) is 23.1 Å². The van der Waals surface area contributed by atoms with Crippen molar-refractivity contribution in [3.63, 3.8) is 0 Å². The molecule has 1 aromatic rings. The quantitative estimate of drug-likeness (QED) is 0.707. The molecular weight excluding hydrogens is 276 g/mol. The zero-order valence-electron chi connectivity index (χ0n) is 14.1. The molecule has 0 heterocycles. The molecule has 0 unspecified atom stereocenters. The number of ketones is 1. The first kappa shape index (κ1) is 18.6. The molecule has 1 rings (SSSR count). The van der Waals surface area contributed by atoms with Gasteiger partial charge in [-0.2, -0.15) is 0 Å². The molecule has 3 nitrogen and oxygen atoms in total. The first-order valence-electron chi connectivity index (χ1n) is 7.84. The first-order chi connectivity index (χ1) is 10.3. The van der Waals surface area contributed by atoms with Gasteiger partial charge in [0.25, 0.3) is 0 Å². The molecule has 0 amide bonds. The summed E-state index contributed by atoms with van der Waals surface area (Å²) in [5.74, 6) is -0.192. The van der Waals surface area contributed by atoms with E-state index in [0.717, 1.165) is 5.56 Å². The van der Waals surface area contributed by atoms with E-state index in [1.54, 1.807) is 13.8 Å². The Kier molecular flexibility index (Phi) is 7.49. The average molecular weight is 304 g/mol. The number of Topliss-reactive ketones (excluding diaryl/α,β-unsaturated/α-hetero) is 1. The Morgan fingerprint density at radius 2 is 1.82 bits per heavy atom. The van der Waals surface area contributed by atoms with Crippen LogP contribution in [0.1, 0.15) is 39.7 Å². The zero-order chi connectivity index (χ0) is 16.7. The monoisotopic (exact) mass is 304 g/mol. The Morgan fingerprint density at radius 3 is 2.32 bits per heavy atom. The van der Waals surface area contributed by atoms with Crippen molar-refractivity contribution in [3.05, 3.63) is 48.0 Å². The third-order valence-electron chi connectivity index (χ3n) is 3.94. The molecule has 122 valence electrons. The van der Waals surface area contributed by atoms with Crippen molar-refractivity contribution < 1.29 is 14.6 Å². The van der Waals surface area contributed by atoms with Crippen LogP contribution in [0.5, 0.6) is 0 Å². The van der Waals surface area contributed by atoms with Gasteiger partial charge in [-0.05, 0) is 18.4 Å². The molecule has 1 aromatic carbocycles. The van der Waals surface area contributed by atoms with Crippen LogP contribution in [0.2, 0.25) is 0 Å². The Hall–Kier alpha value is -1.45. The summed E-state index contributed by atoms with van der Waals surface area (Å²) in [7, 11) is 0. The molecule has 0 radical (unpaired) electrons. The average Bonchev–Trinajstić information content (AvgIpc) is 2.50. The lowest BCUT2D eigenvalue weighted by molar-refractivity contribution is -0.129. The zero-order valence-corrected chi connectivity index (χ0v) is 14.1. The topological polar surface area (TPSA) is 46.5 Å². The summed E-state index contributed by atoms with van der Waals surface area (Å²) in [5.41, 5.74) is 1.71. The second-order valence-corrected chi connectivity index (χ2v) is 6.33. The van der Waals surface area contributed by atoms with E-state index in [9.17, 15) is 9.90 Å². The second kappa shape index (κ2) is 8.86. The fraction of sp³-hybridized carbons (Fsp3) is 0.526. The van der Waals surface area contributed by atoms with Crippen LogP contribution in [0.4, 0.5) is 0 Å². The van der Waals surface area contributed by atoms with Crippen LogP contribution in [0, 0.1) is 11.8 Å². The van der Waals surface area contributed by atoms with Gasteiger partial charge in [-0.1, -0.05) is 63.3 Å². The van der Waals surface area contributed by atoms with Gasteiger partial charge in [-0.25, -0.2) is 0 Å². The molecule has 0 saturated heterocycles. The first-order valence-corrected chi connectivity index (χ1v) is 7.84. The van der Waals surface area contributed by atoms with E-state index < -0.39 is 12.0 Å². The van der Waals surface area contributed by atoms with E-state index in [1.165, 1.54) is 0 Å². The molecule has 0 spiro atoms. The van der Waals surface area contributed by atoms with E-state index >= 15 is 0 Å². The highest BCUT2D eigenvalue weighted by atomic mass is 16.5. The predicted molar refractivity (Wildman–Crippen MR) is 89.5 cm³/mol. The number of rotatable bonds is 9. The van der Waals surface area contributed by atoms with Gasteiger partial charge in [-0.15, -0.1) is 0 Å². The minimum Gasteiger partial charge on any atom is -0.388 e. The number of benzene rings is 1. The summed E-state index contributed by atoms with van der Waals surface area (Å²) in [6.07, 6.45) is -0.613. The Bertz CT molecular complexity index is 479. The Labute approximate surface area is 134 Å². The standard InChI is InChI=1S/C19H28O3/c1-13(2)18(22-12-16-9-7-6-8-10-16)11-17(20)15(5)19(21)14(3)4/h6-10,13,15,18-19,21H,3,11-12H2,1-2,4-5H3/t15-,18-,19-/m0/s1. The van der Waals surface area contributed by atoms with E-state index in [0.29, 0.717) is 18.6 Å². The molecule has 1 N–H and O–H groups in total. The molecule has 0 aliphatic carbocycles. The van der Waals surface area contributed by atoms with E-state index in [1.807, 2.05) is 44.2 Å². The van der Waals surface area contributed by atoms with Gasteiger partial charge < -0.3 is 9.84 Å². The lowest BCUT2D eigenvalue weighted by Crippen LogP contribution is -2.31. The lowest BCUT2D eigenvalue weighted by Gasteiger charge is -2.24. The predicted octanol–water partition coefficient (Wildman–Crippen LogP) is 3.76. The van der Waals surface area contributed by atoms with Crippen molar-refractivity contribution in [3.8, 4) is 0 Å². The van der Waals surface area contributed by atoms with Crippen molar-refractivity contribution >= 4 is 5.78 Å². The van der Waals surface area contributed by atoms with Gasteiger partial charge >= 0.3 is 0 Å². The maximum Gasteiger partial charge on any atom is 0.141 e. The summed E-state index contributed by atoms with van der Waals surface area (Å²) in [5, 5.41) is 9.96. The van der Waals surface area contributed by atoms with E-state index in [2.05, 4.69) is 6.58 Å². The highest BCUT2D eigenvalue weighted by molar-refractivity contribution is 5.82. The molecular formula is C19H28O3. The molecule has 0 aliphatic heterocycles. The molecule has 0 saturated carbocycles. The summed E-state index contributed by atoms with van der Waals surface area (Å²) in [6, 6.07) is 9.92. The van der Waals surface area contributed by atoms with Gasteiger partial charge in [0.15, 0.2) is 0 Å². The minimum absolute atomic E-state index is 0.0160. The van der Waals surface area contributed by atoms with Crippen molar-refractivity contribution in [2.24, 2.45) is 11.8 Å². The van der Waals surface area contributed by atoms with Gasteiger partial charge in [-0.3, -0.25) is 4.79 Å². The lowest BCUT2D eigenvalue weighted by atomic mass is 9.90. The fourth-order valence-electron chi connectivity index (χ4n) is 2.25. The molecule has 0 fully saturated rings. The van der Waals surface area contributed by atoms with Gasteiger partial charge in [0.1, 0.15) is 5.78 Å². The SMILES string of the molecule is C=C(C)[C@H](O)[C@@H](C)C(=O)C[C@H](OCc1ccccc1)C(C)C. The normalized spacial score (nSPS) is 15.4. The highest BCUT2D eigenvalue weighted by Gasteiger charge is 2.26. The number of aliphatic hydroxyl groups is 1. The third-order valence-corrected chi connectivity index (χ3v) is 3.94. The van der Waals surface area contributed by atoms with Crippen LogP contribution in [0.15, 0.2) is 42.5 Å². The molecule has 0 aromatic heterocycles. The highest BCUT2D eigenvalue weighted by Crippen LogP contribution is 2.19. The minimum atomic E-state index is -0.783. The van der Waals surface area contributed by atoms with Crippen LogP contribution in [0.3, 0.4) is 0 Å². The number of hydrogen-bond donors (Lipinski definition) is 1. The van der Waals surface area contributed by atoms with Crippen LogP contribution < -0.4 is 0 Å². The maximum atomic E-state index is 12.3. The van der Waals surface area contributed by atoms with Crippen molar-refractivity contribution in [2.45, 2.75) is 52.9 Å². The molecule has 3 heteroatoms. The van der Waals surface area contributed by atoms with Gasteiger partial charge in [0.2, 0.25) is 0 Å². The summed E-state index contributed by atoms with van der Waals surface area (Å²) >= 11 is 0. The summed E-state index contributed by atoms with van der Waals surface area (Å²) in [4.78, 5) is 12.3. The molecule has 3 atom stereocenters. The van der Waals surface area contributed by atoms with Gasteiger partial charge in [0.05, 0.1) is 18.8 Å². The maximum absolute atomic E-state index is 12.3. The number of hydrogen-bond acceptors (Lipinski definition) is 3. The molecule has 22 heavy (non-hydrogen) atoms. The number of ether oxygens (including phenoxy) is 1. The van der Waals surface area contributed by atoms with Crippen molar-refractivity contribution in [2.75, 3.05) is 0 Å². The number of carbonyl (C=O) groups excluding carboxylic acids is 1. The molecule has 0 aliphatic rings. The van der Waals surface area contributed by atoms with Crippen molar-refractivity contribution in [1.82, 2.24) is 0 Å². The third kappa shape index (κ3) is 5.74. The molecule has 0 bridgehead atoms. The number of carbonyl (C=O) groups is 1. The largest absolute Gasteiger partial charge is 0.388 e. The van der Waals surface area contributed by atoms with Crippen LogP contribution >= 0.6 is 0 Å². The summed E-state index contributed by atoms with van der Waals surface area (Å²) < 4.78 is 5.93. The van der Waals surface area contributed by atoms with Crippen LogP contribution in [-0.2, 0) is 16.1 Å². The smallest absolute Gasteiger partial charge is 0.141 e. The number of aliphatic hydroxyl groups excluding tert-OH is 1. The second-order valence-electron chi connectivity index (χ2n) is 6.33. The Morgan fingerprint density at radius 1 is 1.23 bits per heavy atom. The van der Waals surface area contributed by atoms with Gasteiger partial charge in [0, 0.05) is 12.3 Å². The van der Waals surface area contributed by atoms with E-state index in [-0.39, 0.29) is 17.8 Å². The van der Waals surface area contributed by atoms with Crippen molar-refractivity contribution in [1.29, 1.82) is 0 Å². The van der Waals surface area contributed by atoms with E-state index in [4.69, 9.17) is 4.74 Å². The Balaban J connectivity index is 2.60. The summed E-state index contributed by atoms with van der Waals surface area (Å²) in [6.45, 7) is 11.8. The van der Waals surface area contributed by atoms with Crippen LogP contribution in [0.25, 0.3) is 0 Å². The fourth-order valence-corrected chi connectivity index (χ4v) is 2.25.